The summed E-state index contributed by atoms with van der Waals surface area (Å²) in [5.41, 5.74) is 7.54. The number of hydrogen-bond donors (Lipinski definition) is 1. The number of methoxy groups -OCH3 is 1. The molecular weight excluding hydrogens is 582 g/mol. The number of ether oxygens (including phenoxy) is 2. The smallest absolute Gasteiger partial charge is 0.312 e. The van der Waals surface area contributed by atoms with E-state index in [9.17, 15) is 19.7 Å². The number of rotatable bonds is 9. The minimum absolute atomic E-state index is 0.131. The van der Waals surface area contributed by atoms with Crippen LogP contribution in [0, 0.1) is 17.0 Å². The van der Waals surface area contributed by atoms with Gasteiger partial charge in [-0.05, 0) is 70.2 Å². The molecule has 0 aliphatic rings. The molecule has 0 atom stereocenters. The molecule has 4 aromatic rings. The van der Waals surface area contributed by atoms with Crippen molar-refractivity contribution in [3.05, 3.63) is 90.2 Å². The number of fused-ring (bicyclic) bond motifs is 1. The van der Waals surface area contributed by atoms with Crippen molar-refractivity contribution in [1.82, 2.24) is 9.66 Å². The Balaban J connectivity index is 1.92. The highest BCUT2D eigenvalue weighted by Crippen LogP contribution is 2.37. The lowest BCUT2D eigenvalue weighted by Crippen LogP contribution is -2.21. The molecular formula is C28H26BrN5O6. The largest absolute Gasteiger partial charge is 0.496 e. The molecule has 3 aromatic carbocycles. The number of carbonyl (C=O) groups excluding carboxylic acids is 1. The zero-order valence-electron chi connectivity index (χ0n) is 22.2. The summed E-state index contributed by atoms with van der Waals surface area (Å²) in [6.07, 6.45) is 1.32. The van der Waals surface area contributed by atoms with Crippen LogP contribution < -0.4 is 20.8 Å². The Morgan fingerprint density at radius 3 is 2.62 bits per heavy atom. The van der Waals surface area contributed by atoms with Crippen LogP contribution in [0.4, 0.5) is 5.69 Å². The number of nitro groups is 1. The van der Waals surface area contributed by atoms with E-state index in [-0.39, 0.29) is 16.1 Å². The van der Waals surface area contributed by atoms with E-state index < -0.39 is 28.7 Å². The van der Waals surface area contributed by atoms with Crippen LogP contribution in [0.1, 0.15) is 36.5 Å². The Morgan fingerprint density at radius 2 is 1.98 bits per heavy atom. The fourth-order valence-corrected chi connectivity index (χ4v) is 4.77. The molecule has 12 heteroatoms. The van der Waals surface area contributed by atoms with Crippen molar-refractivity contribution >= 4 is 44.6 Å². The standard InChI is InChI=1S/C28H26BrN5O6/c1-15(2)19-12-20(16(3)9-24(19)39-4)27-32-22-8-6-5-7-18(22)28(36)33(27)31-13-17-10-21(29)26(40-14-25(30)35)23(11-17)34(37)38/h5-13,15H,14H2,1-4H3,(H2,30,35). The Hall–Kier alpha value is -4.58. The first-order chi connectivity index (χ1) is 19.0. The first-order valence-electron chi connectivity index (χ1n) is 12.2. The fourth-order valence-electron chi connectivity index (χ4n) is 4.19. The molecule has 0 saturated heterocycles. The topological polar surface area (TPSA) is 152 Å². The number of aromatic nitrogens is 2. The quantitative estimate of drug-likeness (QED) is 0.161. The number of nitrogens with two attached hydrogens (primary N) is 1. The van der Waals surface area contributed by atoms with Crippen molar-refractivity contribution in [3.8, 4) is 22.9 Å². The molecule has 11 nitrogen and oxygen atoms in total. The highest BCUT2D eigenvalue weighted by Gasteiger charge is 2.22. The Bertz CT molecular complexity index is 1730. The third-order valence-electron chi connectivity index (χ3n) is 6.12. The number of halogens is 1. The normalized spacial score (nSPS) is 11.3. The monoisotopic (exact) mass is 607 g/mol. The Labute approximate surface area is 237 Å². The number of hydrogen-bond acceptors (Lipinski definition) is 8. The number of nitro benzene ring substituents is 1. The molecule has 4 rings (SSSR count). The van der Waals surface area contributed by atoms with E-state index in [4.69, 9.17) is 20.2 Å². The first-order valence-corrected chi connectivity index (χ1v) is 12.9. The van der Waals surface area contributed by atoms with Crippen LogP contribution in [0.3, 0.4) is 0 Å². The van der Waals surface area contributed by atoms with Gasteiger partial charge in [0, 0.05) is 17.2 Å². The number of nitrogens with zero attached hydrogens (tertiary/aromatic N) is 4. The van der Waals surface area contributed by atoms with E-state index in [1.165, 1.54) is 23.0 Å². The van der Waals surface area contributed by atoms with E-state index in [1.807, 2.05) is 32.9 Å². The molecule has 0 radical (unpaired) electrons. The predicted molar refractivity (Wildman–Crippen MR) is 155 cm³/mol. The molecule has 2 N–H and O–H groups in total. The van der Waals surface area contributed by atoms with E-state index in [1.54, 1.807) is 31.4 Å². The molecule has 0 aliphatic heterocycles. The zero-order chi connectivity index (χ0) is 29.1. The van der Waals surface area contributed by atoms with Gasteiger partial charge < -0.3 is 15.2 Å². The summed E-state index contributed by atoms with van der Waals surface area (Å²) in [5, 5.41) is 16.5. The van der Waals surface area contributed by atoms with Crippen LogP contribution in [0.15, 0.2) is 62.9 Å². The molecule has 0 fully saturated rings. The van der Waals surface area contributed by atoms with Gasteiger partial charge >= 0.3 is 5.69 Å². The second-order valence-corrected chi connectivity index (χ2v) is 10.1. The third kappa shape index (κ3) is 5.71. The minimum atomic E-state index is -0.781. The minimum Gasteiger partial charge on any atom is -0.496 e. The SMILES string of the molecule is COc1cc(C)c(-c2nc3ccccc3c(=O)n2N=Cc2cc(Br)c(OCC(N)=O)c([N+](=O)[O-])c2)cc1C(C)C. The van der Waals surface area contributed by atoms with Gasteiger partial charge in [-0.15, -0.1) is 0 Å². The van der Waals surface area contributed by atoms with Gasteiger partial charge in [0.1, 0.15) is 5.75 Å². The molecule has 1 heterocycles. The predicted octanol–water partition coefficient (Wildman–Crippen LogP) is 4.92. The summed E-state index contributed by atoms with van der Waals surface area (Å²) in [4.78, 5) is 40.6. The number of aryl methyl sites for hydroxylation is 1. The van der Waals surface area contributed by atoms with Crippen molar-refractivity contribution < 1.29 is 19.2 Å². The fraction of sp³-hybridized carbons (Fsp3) is 0.214. The lowest BCUT2D eigenvalue weighted by Gasteiger charge is -2.17. The van der Waals surface area contributed by atoms with Gasteiger partial charge in [-0.1, -0.05) is 26.0 Å². The summed E-state index contributed by atoms with van der Waals surface area (Å²) in [5.74, 6) is 0.229. The maximum atomic E-state index is 13.6. The van der Waals surface area contributed by atoms with E-state index >= 15 is 0 Å². The average Bonchev–Trinajstić information content (AvgIpc) is 2.91. The van der Waals surface area contributed by atoms with Crippen LogP contribution >= 0.6 is 15.9 Å². The van der Waals surface area contributed by atoms with Crippen molar-refractivity contribution in [1.29, 1.82) is 0 Å². The number of amides is 1. The van der Waals surface area contributed by atoms with Crippen LogP contribution in [-0.4, -0.2) is 40.4 Å². The Morgan fingerprint density at radius 1 is 1.25 bits per heavy atom. The van der Waals surface area contributed by atoms with E-state index in [0.717, 1.165) is 16.9 Å². The second kappa shape index (κ2) is 11.7. The lowest BCUT2D eigenvalue weighted by atomic mass is 9.96. The summed E-state index contributed by atoms with van der Waals surface area (Å²) in [7, 11) is 1.61. The van der Waals surface area contributed by atoms with Gasteiger partial charge in [-0.3, -0.25) is 19.7 Å². The second-order valence-electron chi connectivity index (χ2n) is 9.24. The van der Waals surface area contributed by atoms with Gasteiger partial charge in [0.15, 0.2) is 12.4 Å². The Kier molecular flexibility index (Phi) is 8.29. The van der Waals surface area contributed by atoms with E-state index in [2.05, 4.69) is 21.0 Å². The molecule has 0 unspecified atom stereocenters. The van der Waals surface area contributed by atoms with Gasteiger partial charge in [0.2, 0.25) is 5.75 Å². The average molecular weight is 608 g/mol. The first kappa shape index (κ1) is 28.4. The molecule has 0 saturated carbocycles. The molecule has 0 spiro atoms. The summed E-state index contributed by atoms with van der Waals surface area (Å²) in [6.45, 7) is 5.44. The molecule has 1 aromatic heterocycles. The molecule has 0 aliphatic carbocycles. The molecule has 0 bridgehead atoms. The lowest BCUT2D eigenvalue weighted by molar-refractivity contribution is -0.385. The number of para-hydroxylation sites is 1. The van der Waals surface area contributed by atoms with Gasteiger partial charge in [0.25, 0.3) is 11.5 Å². The molecule has 40 heavy (non-hydrogen) atoms. The van der Waals surface area contributed by atoms with Gasteiger partial charge in [-0.25, -0.2) is 4.98 Å². The van der Waals surface area contributed by atoms with Crippen LogP contribution in [0.2, 0.25) is 0 Å². The van der Waals surface area contributed by atoms with Crippen molar-refractivity contribution in [2.45, 2.75) is 26.7 Å². The zero-order valence-corrected chi connectivity index (χ0v) is 23.8. The van der Waals surface area contributed by atoms with E-state index in [0.29, 0.717) is 27.9 Å². The van der Waals surface area contributed by atoms with Gasteiger partial charge in [0.05, 0.1) is 33.6 Å². The number of benzene rings is 3. The maximum Gasteiger partial charge on any atom is 0.312 e. The highest BCUT2D eigenvalue weighted by atomic mass is 79.9. The summed E-state index contributed by atoms with van der Waals surface area (Å²) >= 11 is 3.25. The van der Waals surface area contributed by atoms with Crippen molar-refractivity contribution in [2.75, 3.05) is 13.7 Å². The van der Waals surface area contributed by atoms with Crippen molar-refractivity contribution in [3.63, 3.8) is 0 Å². The summed E-state index contributed by atoms with van der Waals surface area (Å²) < 4.78 is 12.2. The molecule has 1 amide bonds. The van der Waals surface area contributed by atoms with Crippen LogP contribution in [0.25, 0.3) is 22.3 Å². The highest BCUT2D eigenvalue weighted by molar-refractivity contribution is 9.10. The van der Waals surface area contributed by atoms with Crippen LogP contribution in [0.5, 0.6) is 11.5 Å². The van der Waals surface area contributed by atoms with Crippen molar-refractivity contribution in [2.24, 2.45) is 10.8 Å². The molecule has 206 valence electrons. The summed E-state index contributed by atoms with van der Waals surface area (Å²) in [6, 6.07) is 13.5. The van der Waals surface area contributed by atoms with Crippen LogP contribution in [-0.2, 0) is 4.79 Å². The van der Waals surface area contributed by atoms with Gasteiger partial charge in [-0.2, -0.15) is 9.78 Å². The maximum absolute atomic E-state index is 13.6. The number of primary amides is 1. The number of carbonyl (C=O) groups is 1. The third-order valence-corrected chi connectivity index (χ3v) is 6.71.